The lowest BCUT2D eigenvalue weighted by atomic mass is 10.3. The predicted octanol–water partition coefficient (Wildman–Crippen LogP) is 0.586. The van der Waals surface area contributed by atoms with E-state index in [4.69, 9.17) is 10.00 Å². The van der Waals surface area contributed by atoms with Gasteiger partial charge in [-0.25, -0.2) is 0 Å². The molecule has 1 atom stereocenters. The molecule has 0 aromatic carbocycles. The second-order valence-corrected chi connectivity index (χ2v) is 2.72. The maximum Gasteiger partial charge on any atom is 0.505 e. The van der Waals surface area contributed by atoms with E-state index in [9.17, 15) is 9.36 Å². The fraction of sp³-hybridized carbons (Fsp3) is 0.750. The minimum absolute atomic E-state index is 0.0262. The van der Waals surface area contributed by atoms with Crippen molar-refractivity contribution in [2.45, 2.75) is 12.8 Å². The number of hydrogen-bond donors (Lipinski definition) is 2. The first-order valence-corrected chi connectivity index (χ1v) is 3.88. The molecule has 0 heterocycles. The molecule has 0 spiro atoms. The fourth-order valence-corrected chi connectivity index (χ4v) is 0.794. The Kier molecular flexibility index (Phi) is 4.18. The highest BCUT2D eigenvalue weighted by Crippen LogP contribution is 2.14. The molecule has 1 unspecified atom stereocenters. The molecule has 0 radical (unpaired) electrons. The van der Waals surface area contributed by atoms with Crippen molar-refractivity contribution in [3.8, 4) is 0 Å². The summed E-state index contributed by atoms with van der Waals surface area (Å²) in [6.07, 6.45) is 0.338. The molecule has 0 amide bonds. The summed E-state index contributed by atoms with van der Waals surface area (Å²) in [6.45, 7) is 0. The molecule has 0 aliphatic heterocycles. The van der Waals surface area contributed by atoms with Gasteiger partial charge in [-0.1, -0.05) is 0 Å². The van der Waals surface area contributed by atoms with Crippen LogP contribution in [-0.2, 0) is 9.36 Å². The second kappa shape index (κ2) is 4.41. The molecule has 0 bridgehead atoms. The van der Waals surface area contributed by atoms with Gasteiger partial charge < -0.3 is 5.11 Å². The van der Waals surface area contributed by atoms with Gasteiger partial charge in [-0.2, -0.15) is 4.89 Å². The average Bonchev–Trinajstić information content (AvgIpc) is 1.63. The quantitative estimate of drug-likeness (QED) is 0.576. The van der Waals surface area contributed by atoms with E-state index in [0.717, 1.165) is 0 Å². The van der Waals surface area contributed by atoms with E-state index in [1.807, 2.05) is 0 Å². The van der Waals surface area contributed by atoms with Crippen LogP contribution in [-0.4, -0.2) is 22.1 Å². The zero-order valence-electron chi connectivity index (χ0n) is 4.78. The molecule has 0 saturated heterocycles. The van der Waals surface area contributed by atoms with Crippen LogP contribution >= 0.6 is 8.03 Å². The zero-order valence-corrected chi connectivity index (χ0v) is 5.67. The minimum atomic E-state index is -2.14. The van der Waals surface area contributed by atoms with Gasteiger partial charge in [0.2, 0.25) is 0 Å². The maximum absolute atomic E-state index is 9.94. The van der Waals surface area contributed by atoms with Crippen molar-refractivity contribution in [2.24, 2.45) is 0 Å². The van der Waals surface area contributed by atoms with E-state index in [1.54, 1.807) is 0 Å². The van der Waals surface area contributed by atoms with Gasteiger partial charge >= 0.3 is 14.0 Å². The molecule has 0 fully saturated rings. The summed E-state index contributed by atoms with van der Waals surface area (Å²) in [4.78, 5) is 18.0. The van der Waals surface area contributed by atoms with Gasteiger partial charge in [0.25, 0.3) is 0 Å². The molecule has 4 nitrogen and oxygen atoms in total. The molecule has 52 valence electrons. The van der Waals surface area contributed by atoms with Gasteiger partial charge in [-0.3, -0.25) is 4.79 Å². The van der Waals surface area contributed by atoms with Crippen molar-refractivity contribution in [1.29, 1.82) is 0 Å². The Balaban J connectivity index is 3.10. The van der Waals surface area contributed by atoms with Crippen LogP contribution in [0, 0.1) is 0 Å². The van der Waals surface area contributed by atoms with Gasteiger partial charge in [0.15, 0.2) is 6.16 Å². The highest BCUT2D eigenvalue weighted by molar-refractivity contribution is 7.37. The first-order chi connectivity index (χ1) is 4.13. The van der Waals surface area contributed by atoms with E-state index in [1.165, 1.54) is 0 Å². The summed E-state index contributed by atoms with van der Waals surface area (Å²) in [6, 6.07) is 0. The third-order valence-electron chi connectivity index (χ3n) is 0.740. The minimum Gasteiger partial charge on any atom is -0.481 e. The van der Waals surface area contributed by atoms with Crippen LogP contribution in [0.25, 0.3) is 0 Å². The highest BCUT2D eigenvalue weighted by Gasteiger charge is 2.09. The molecule has 5 heteroatoms. The number of carboxylic acids is 1. The van der Waals surface area contributed by atoms with Crippen LogP contribution in [0.3, 0.4) is 0 Å². The number of aliphatic carboxylic acids is 1. The molecule has 9 heavy (non-hydrogen) atoms. The standard InChI is InChI=1S/C4H7O4P/c5-4(6)2-1-3-9(7)8/h1-3H2,(H-,5,6,7,8)/p+1. The molecule has 0 aliphatic rings. The number of rotatable bonds is 4. The Bertz CT molecular complexity index is 108. The molecule has 0 rings (SSSR count). The van der Waals surface area contributed by atoms with Crippen LogP contribution in [0.1, 0.15) is 12.8 Å². The third kappa shape index (κ3) is 7.53. The maximum atomic E-state index is 9.94. The van der Waals surface area contributed by atoms with Gasteiger partial charge in [0.1, 0.15) is 0 Å². The molecule has 0 aromatic rings. The van der Waals surface area contributed by atoms with Gasteiger partial charge in [-0.15, -0.1) is 0 Å². The van der Waals surface area contributed by atoms with Crippen LogP contribution in [0.2, 0.25) is 0 Å². The van der Waals surface area contributed by atoms with Gasteiger partial charge in [0, 0.05) is 12.8 Å². The average molecular weight is 151 g/mol. The van der Waals surface area contributed by atoms with E-state index < -0.39 is 14.0 Å². The number of carbonyl (C=O) groups is 1. The Morgan fingerprint density at radius 1 is 1.56 bits per heavy atom. The summed E-state index contributed by atoms with van der Waals surface area (Å²) >= 11 is 0. The molecule has 2 N–H and O–H groups in total. The van der Waals surface area contributed by atoms with Crippen LogP contribution < -0.4 is 0 Å². The smallest absolute Gasteiger partial charge is 0.481 e. The van der Waals surface area contributed by atoms with Crippen molar-refractivity contribution in [2.75, 3.05) is 6.16 Å². The summed E-state index contributed by atoms with van der Waals surface area (Å²) in [5.74, 6) is -0.924. The lowest BCUT2D eigenvalue weighted by Crippen LogP contribution is -1.94. The monoisotopic (exact) mass is 151 g/mol. The zero-order chi connectivity index (χ0) is 7.28. The van der Waals surface area contributed by atoms with Crippen molar-refractivity contribution in [1.82, 2.24) is 0 Å². The SMILES string of the molecule is O=C(O)CCC[P+](=O)O. The van der Waals surface area contributed by atoms with Crippen LogP contribution in [0.5, 0.6) is 0 Å². The molecular formula is C4H8O4P+. The highest BCUT2D eigenvalue weighted by atomic mass is 31.1. The molecule has 0 aromatic heterocycles. The second-order valence-electron chi connectivity index (χ2n) is 1.57. The third-order valence-corrected chi connectivity index (χ3v) is 1.44. The topological polar surface area (TPSA) is 74.6 Å². The lowest BCUT2D eigenvalue weighted by Gasteiger charge is -1.82. The molecule has 0 aliphatic carbocycles. The molecule has 0 saturated carbocycles. The summed E-state index contributed by atoms with van der Waals surface area (Å²) < 4.78 is 9.94. The van der Waals surface area contributed by atoms with Crippen molar-refractivity contribution < 1.29 is 19.4 Å². The largest absolute Gasteiger partial charge is 0.505 e. The Labute approximate surface area is 53.4 Å². The summed E-state index contributed by atoms with van der Waals surface area (Å²) in [5.41, 5.74) is 0. The van der Waals surface area contributed by atoms with Crippen molar-refractivity contribution >= 4 is 14.0 Å². The first kappa shape index (κ1) is 8.53. The fourth-order valence-electron chi connectivity index (χ4n) is 0.366. The number of hydrogen-bond acceptors (Lipinski definition) is 2. The van der Waals surface area contributed by atoms with Crippen LogP contribution in [0.4, 0.5) is 0 Å². The van der Waals surface area contributed by atoms with E-state index in [2.05, 4.69) is 0 Å². The van der Waals surface area contributed by atoms with Gasteiger partial charge in [-0.05, 0) is 4.57 Å². The van der Waals surface area contributed by atoms with E-state index >= 15 is 0 Å². The number of carboxylic acid groups (broad SMARTS) is 1. The lowest BCUT2D eigenvalue weighted by molar-refractivity contribution is -0.137. The van der Waals surface area contributed by atoms with Crippen molar-refractivity contribution in [3.63, 3.8) is 0 Å². The summed E-state index contributed by atoms with van der Waals surface area (Å²) in [7, 11) is -2.14. The Hall–Kier alpha value is -0.470. The van der Waals surface area contributed by atoms with Crippen LogP contribution in [0.15, 0.2) is 0 Å². The first-order valence-electron chi connectivity index (χ1n) is 2.48. The summed E-state index contributed by atoms with van der Waals surface area (Å²) in [5, 5.41) is 8.05. The van der Waals surface area contributed by atoms with Gasteiger partial charge in [0.05, 0.1) is 0 Å². The normalized spacial score (nSPS) is 11.0. The Morgan fingerprint density at radius 2 is 2.11 bits per heavy atom. The molecular weight excluding hydrogens is 143 g/mol. The predicted molar refractivity (Wildman–Crippen MR) is 31.6 cm³/mol. The Morgan fingerprint density at radius 3 is 2.44 bits per heavy atom. The van der Waals surface area contributed by atoms with E-state index in [-0.39, 0.29) is 19.0 Å². The van der Waals surface area contributed by atoms with E-state index in [0.29, 0.717) is 0 Å². The van der Waals surface area contributed by atoms with Crippen molar-refractivity contribution in [3.05, 3.63) is 0 Å².